The van der Waals surface area contributed by atoms with Gasteiger partial charge in [-0.1, -0.05) is 24.6 Å². The predicted molar refractivity (Wildman–Crippen MR) is 74.0 cm³/mol. The van der Waals surface area contributed by atoms with E-state index < -0.39 is 5.82 Å². The third-order valence-corrected chi connectivity index (χ3v) is 3.93. The van der Waals surface area contributed by atoms with Crippen LogP contribution in [0, 0.1) is 5.82 Å². The lowest BCUT2D eigenvalue weighted by molar-refractivity contribution is 0.612. The number of hydrogen-bond acceptors (Lipinski definition) is 3. The zero-order valence-corrected chi connectivity index (χ0v) is 11.4. The zero-order chi connectivity index (χ0) is 13.1. The smallest absolute Gasteiger partial charge is 0.150 e. The topological polar surface area (TPSA) is 43.8 Å². The molecule has 0 radical (unpaired) electrons. The normalized spacial score (nSPS) is 10.8. The SMILES string of the molecule is CCCSc1cnn(-c2c(F)cccc2Cl)c1N. The van der Waals surface area contributed by atoms with Crippen molar-refractivity contribution in [1.29, 1.82) is 0 Å². The maximum absolute atomic E-state index is 13.8. The molecular formula is C12H13ClFN3S. The average molecular weight is 286 g/mol. The van der Waals surface area contributed by atoms with Gasteiger partial charge in [0.1, 0.15) is 17.3 Å². The molecule has 0 aliphatic carbocycles. The minimum Gasteiger partial charge on any atom is -0.383 e. The second-order valence-corrected chi connectivity index (χ2v) is 5.27. The minimum atomic E-state index is -0.440. The van der Waals surface area contributed by atoms with Crippen LogP contribution in [-0.2, 0) is 0 Å². The summed E-state index contributed by atoms with van der Waals surface area (Å²) >= 11 is 7.59. The van der Waals surface area contributed by atoms with Crippen LogP contribution in [0.5, 0.6) is 0 Å². The average Bonchev–Trinajstić information content (AvgIpc) is 2.69. The van der Waals surface area contributed by atoms with E-state index in [0.29, 0.717) is 5.82 Å². The highest BCUT2D eigenvalue weighted by atomic mass is 35.5. The highest BCUT2D eigenvalue weighted by Crippen LogP contribution is 2.31. The molecule has 96 valence electrons. The maximum atomic E-state index is 13.8. The van der Waals surface area contributed by atoms with E-state index in [1.165, 1.54) is 10.7 Å². The van der Waals surface area contributed by atoms with Crippen LogP contribution in [-0.4, -0.2) is 15.5 Å². The first-order valence-corrected chi connectivity index (χ1v) is 6.92. The van der Waals surface area contributed by atoms with Crippen LogP contribution in [0.1, 0.15) is 13.3 Å². The number of para-hydroxylation sites is 1. The monoisotopic (exact) mass is 285 g/mol. The summed E-state index contributed by atoms with van der Waals surface area (Å²) in [6.45, 7) is 2.08. The zero-order valence-electron chi connectivity index (χ0n) is 9.86. The van der Waals surface area contributed by atoms with Crippen molar-refractivity contribution >= 4 is 29.2 Å². The van der Waals surface area contributed by atoms with Crippen LogP contribution in [0.4, 0.5) is 10.2 Å². The number of nitrogens with zero attached hydrogens (tertiary/aromatic N) is 2. The third-order valence-electron chi connectivity index (χ3n) is 2.38. The summed E-state index contributed by atoms with van der Waals surface area (Å²) in [5.74, 6) is 0.922. The van der Waals surface area contributed by atoms with Crippen LogP contribution in [0.2, 0.25) is 5.02 Å². The summed E-state index contributed by atoms with van der Waals surface area (Å²) in [4.78, 5) is 0.844. The Hall–Kier alpha value is -1.20. The van der Waals surface area contributed by atoms with Gasteiger partial charge in [-0.15, -0.1) is 11.8 Å². The van der Waals surface area contributed by atoms with Gasteiger partial charge in [-0.25, -0.2) is 9.07 Å². The second kappa shape index (κ2) is 5.63. The highest BCUT2D eigenvalue weighted by molar-refractivity contribution is 7.99. The summed E-state index contributed by atoms with van der Waals surface area (Å²) in [5, 5.41) is 4.40. The van der Waals surface area contributed by atoms with E-state index in [1.54, 1.807) is 30.1 Å². The number of aromatic nitrogens is 2. The first-order valence-electron chi connectivity index (χ1n) is 5.55. The van der Waals surface area contributed by atoms with Crippen LogP contribution in [0.3, 0.4) is 0 Å². The Labute approximate surface area is 114 Å². The molecule has 2 aromatic rings. The summed E-state index contributed by atoms with van der Waals surface area (Å²) < 4.78 is 15.1. The molecule has 0 saturated carbocycles. The lowest BCUT2D eigenvalue weighted by Crippen LogP contribution is -2.05. The summed E-state index contributed by atoms with van der Waals surface area (Å²) in [5.41, 5.74) is 6.16. The molecule has 0 aliphatic rings. The van der Waals surface area contributed by atoms with Gasteiger partial charge in [0, 0.05) is 0 Å². The summed E-state index contributed by atoms with van der Waals surface area (Å²) in [7, 11) is 0. The Kier molecular flexibility index (Phi) is 4.14. The van der Waals surface area contributed by atoms with E-state index >= 15 is 0 Å². The number of nitrogens with two attached hydrogens (primary N) is 1. The fourth-order valence-corrected chi connectivity index (χ4v) is 2.56. The molecule has 1 heterocycles. The first-order chi connectivity index (χ1) is 8.65. The molecule has 1 aromatic carbocycles. The third kappa shape index (κ3) is 2.47. The number of halogens is 2. The lowest BCUT2D eigenvalue weighted by Gasteiger charge is -2.08. The Bertz CT molecular complexity index is 536. The summed E-state index contributed by atoms with van der Waals surface area (Å²) in [6.07, 6.45) is 2.67. The highest BCUT2D eigenvalue weighted by Gasteiger charge is 2.15. The van der Waals surface area contributed by atoms with Crippen LogP contribution in [0.25, 0.3) is 5.69 Å². The molecule has 0 aliphatic heterocycles. The van der Waals surface area contributed by atoms with Gasteiger partial charge in [0.25, 0.3) is 0 Å². The van der Waals surface area contributed by atoms with Crippen LogP contribution in [0.15, 0.2) is 29.3 Å². The molecular weight excluding hydrogens is 273 g/mol. The number of rotatable bonds is 4. The molecule has 0 amide bonds. The van der Waals surface area contributed by atoms with Gasteiger partial charge in [0.2, 0.25) is 0 Å². The van der Waals surface area contributed by atoms with Crippen molar-refractivity contribution < 1.29 is 4.39 Å². The van der Waals surface area contributed by atoms with Crippen LogP contribution < -0.4 is 5.73 Å². The van der Waals surface area contributed by atoms with Gasteiger partial charge in [-0.3, -0.25) is 0 Å². The van der Waals surface area contributed by atoms with E-state index in [-0.39, 0.29) is 10.7 Å². The minimum absolute atomic E-state index is 0.194. The molecule has 0 spiro atoms. The van der Waals surface area contributed by atoms with Gasteiger partial charge >= 0.3 is 0 Å². The second-order valence-electron chi connectivity index (χ2n) is 3.72. The maximum Gasteiger partial charge on any atom is 0.150 e. The van der Waals surface area contributed by atoms with Crippen molar-refractivity contribution in [1.82, 2.24) is 9.78 Å². The van der Waals surface area contributed by atoms with Gasteiger partial charge in [0.05, 0.1) is 16.1 Å². The molecule has 3 nitrogen and oxygen atoms in total. The number of hydrogen-bond donors (Lipinski definition) is 1. The van der Waals surface area contributed by atoms with Crippen molar-refractivity contribution in [3.8, 4) is 5.69 Å². The molecule has 0 saturated heterocycles. The molecule has 0 atom stereocenters. The van der Waals surface area contributed by atoms with Gasteiger partial charge in [-0.2, -0.15) is 5.10 Å². The Morgan fingerprint density at radius 1 is 1.50 bits per heavy atom. The number of thioether (sulfide) groups is 1. The Morgan fingerprint density at radius 3 is 2.94 bits per heavy atom. The predicted octanol–water partition coefficient (Wildman–Crippen LogP) is 3.75. The largest absolute Gasteiger partial charge is 0.383 e. The number of nitrogen functional groups attached to an aromatic ring is 1. The fraction of sp³-hybridized carbons (Fsp3) is 0.250. The van der Waals surface area contributed by atoms with Gasteiger partial charge < -0.3 is 5.73 Å². The molecule has 2 rings (SSSR count). The molecule has 6 heteroatoms. The molecule has 18 heavy (non-hydrogen) atoms. The molecule has 0 bridgehead atoms. The molecule has 0 fully saturated rings. The molecule has 1 aromatic heterocycles. The summed E-state index contributed by atoms with van der Waals surface area (Å²) in [6, 6.07) is 4.49. The quantitative estimate of drug-likeness (QED) is 0.870. The van der Waals surface area contributed by atoms with E-state index in [2.05, 4.69) is 12.0 Å². The standard InChI is InChI=1S/C12H13ClFN3S/c1-2-6-18-10-7-16-17(12(10)15)11-8(13)4-3-5-9(11)14/h3-5,7H,2,6,15H2,1H3. The van der Waals surface area contributed by atoms with E-state index in [4.69, 9.17) is 17.3 Å². The fourth-order valence-electron chi connectivity index (χ4n) is 1.54. The van der Waals surface area contributed by atoms with E-state index in [9.17, 15) is 4.39 Å². The molecule has 0 unspecified atom stereocenters. The van der Waals surface area contributed by atoms with Gasteiger partial charge in [-0.05, 0) is 24.3 Å². The van der Waals surface area contributed by atoms with E-state index in [0.717, 1.165) is 17.1 Å². The van der Waals surface area contributed by atoms with Crippen molar-refractivity contribution in [2.75, 3.05) is 11.5 Å². The van der Waals surface area contributed by atoms with Crippen molar-refractivity contribution in [3.63, 3.8) is 0 Å². The van der Waals surface area contributed by atoms with Crippen molar-refractivity contribution in [3.05, 3.63) is 35.2 Å². The van der Waals surface area contributed by atoms with E-state index in [1.807, 2.05) is 0 Å². The first kappa shape index (κ1) is 13.2. The lowest BCUT2D eigenvalue weighted by atomic mass is 10.3. The van der Waals surface area contributed by atoms with Gasteiger partial charge in [0.15, 0.2) is 0 Å². The van der Waals surface area contributed by atoms with Crippen LogP contribution >= 0.6 is 23.4 Å². The van der Waals surface area contributed by atoms with Crippen molar-refractivity contribution in [2.45, 2.75) is 18.2 Å². The number of benzene rings is 1. The number of anilines is 1. The van der Waals surface area contributed by atoms with Crippen molar-refractivity contribution in [2.24, 2.45) is 0 Å². The molecule has 2 N–H and O–H groups in total. The Balaban J connectivity index is 2.43. The Morgan fingerprint density at radius 2 is 2.28 bits per heavy atom.